The molecule has 6 heteroatoms. The highest BCUT2D eigenvalue weighted by Crippen LogP contribution is 2.27. The second kappa shape index (κ2) is 4.96. The summed E-state index contributed by atoms with van der Waals surface area (Å²) in [5.41, 5.74) is 1.08. The first-order valence-electron chi connectivity index (χ1n) is 5.65. The van der Waals surface area contributed by atoms with Crippen molar-refractivity contribution in [3.05, 3.63) is 29.8 Å². The van der Waals surface area contributed by atoms with Gasteiger partial charge in [-0.15, -0.1) is 0 Å². The number of para-hydroxylation sites is 1. The molecular formula is C12H14N2O3S. The third-order valence-corrected chi connectivity index (χ3v) is 4.48. The van der Waals surface area contributed by atoms with Crippen LogP contribution in [0.5, 0.6) is 5.75 Å². The van der Waals surface area contributed by atoms with Crippen molar-refractivity contribution >= 4 is 10.0 Å². The minimum atomic E-state index is -3.58. The first kappa shape index (κ1) is 12.9. The maximum atomic E-state index is 11.6. The van der Waals surface area contributed by atoms with Crippen molar-refractivity contribution in [1.29, 1.82) is 5.26 Å². The highest BCUT2D eigenvalue weighted by molar-refractivity contribution is 7.90. The number of nitrogens with one attached hydrogen (secondary N) is 1. The SMILES string of the molecule is CC(C#N)S(=O)(=O)NCC1Cc2ccccc2O1. The van der Waals surface area contributed by atoms with Crippen molar-refractivity contribution in [3.63, 3.8) is 0 Å². The third kappa shape index (κ3) is 2.63. The lowest BCUT2D eigenvalue weighted by atomic mass is 10.1. The van der Waals surface area contributed by atoms with Crippen LogP contribution >= 0.6 is 0 Å². The molecule has 1 aromatic rings. The van der Waals surface area contributed by atoms with Gasteiger partial charge in [0.05, 0.1) is 6.07 Å². The third-order valence-electron chi connectivity index (χ3n) is 2.87. The molecule has 1 aliphatic heterocycles. The molecule has 2 unspecified atom stereocenters. The average molecular weight is 266 g/mol. The quantitative estimate of drug-likeness (QED) is 0.875. The lowest BCUT2D eigenvalue weighted by Crippen LogP contribution is -2.38. The molecule has 18 heavy (non-hydrogen) atoms. The molecule has 1 aliphatic rings. The summed E-state index contributed by atoms with van der Waals surface area (Å²) in [6.07, 6.45) is 0.475. The van der Waals surface area contributed by atoms with E-state index in [4.69, 9.17) is 10.00 Å². The zero-order chi connectivity index (χ0) is 13.2. The van der Waals surface area contributed by atoms with Crippen molar-refractivity contribution in [3.8, 4) is 11.8 Å². The summed E-state index contributed by atoms with van der Waals surface area (Å²) in [4.78, 5) is 0. The maximum Gasteiger partial charge on any atom is 0.227 e. The van der Waals surface area contributed by atoms with Crippen LogP contribution in [0.15, 0.2) is 24.3 Å². The van der Waals surface area contributed by atoms with E-state index in [1.54, 1.807) is 6.07 Å². The van der Waals surface area contributed by atoms with E-state index in [1.165, 1.54) is 6.92 Å². The predicted molar refractivity (Wildman–Crippen MR) is 66.6 cm³/mol. The van der Waals surface area contributed by atoms with E-state index in [-0.39, 0.29) is 12.6 Å². The van der Waals surface area contributed by atoms with Gasteiger partial charge in [0.1, 0.15) is 11.9 Å². The normalized spacial score (nSPS) is 19.7. The van der Waals surface area contributed by atoms with Crippen LogP contribution in [-0.4, -0.2) is 26.3 Å². The Balaban J connectivity index is 1.94. The average Bonchev–Trinajstić information content (AvgIpc) is 2.78. The van der Waals surface area contributed by atoms with Crippen LogP contribution in [0, 0.1) is 11.3 Å². The first-order chi connectivity index (χ1) is 8.53. The Kier molecular flexibility index (Phi) is 3.55. The molecular weight excluding hydrogens is 252 g/mol. The van der Waals surface area contributed by atoms with Crippen LogP contribution in [0.1, 0.15) is 12.5 Å². The number of rotatable bonds is 4. The lowest BCUT2D eigenvalue weighted by molar-refractivity contribution is 0.236. The zero-order valence-electron chi connectivity index (χ0n) is 9.96. The van der Waals surface area contributed by atoms with Gasteiger partial charge in [-0.3, -0.25) is 0 Å². The summed E-state index contributed by atoms with van der Waals surface area (Å²) in [6, 6.07) is 9.33. The van der Waals surface area contributed by atoms with Gasteiger partial charge in [0, 0.05) is 13.0 Å². The fourth-order valence-corrected chi connectivity index (χ4v) is 2.58. The summed E-state index contributed by atoms with van der Waals surface area (Å²) >= 11 is 0. The number of hydrogen-bond donors (Lipinski definition) is 1. The Labute approximate surface area is 106 Å². The molecule has 0 aliphatic carbocycles. The van der Waals surface area contributed by atoms with Gasteiger partial charge in [-0.2, -0.15) is 5.26 Å². The summed E-state index contributed by atoms with van der Waals surface area (Å²) in [5, 5.41) is 7.55. The van der Waals surface area contributed by atoms with Gasteiger partial charge in [-0.1, -0.05) is 18.2 Å². The topological polar surface area (TPSA) is 79.2 Å². The Bertz CT molecular complexity index is 552. The Morgan fingerprint density at radius 1 is 1.56 bits per heavy atom. The maximum absolute atomic E-state index is 11.6. The fourth-order valence-electron chi connectivity index (χ4n) is 1.77. The predicted octanol–water partition coefficient (Wildman–Crippen LogP) is 0.822. The number of ether oxygens (including phenoxy) is 1. The van der Waals surface area contributed by atoms with Crippen LogP contribution in [-0.2, 0) is 16.4 Å². The minimum Gasteiger partial charge on any atom is -0.488 e. The monoisotopic (exact) mass is 266 g/mol. The van der Waals surface area contributed by atoms with Gasteiger partial charge < -0.3 is 4.74 Å². The van der Waals surface area contributed by atoms with Gasteiger partial charge in [-0.05, 0) is 18.6 Å². The Morgan fingerprint density at radius 2 is 2.28 bits per heavy atom. The van der Waals surface area contributed by atoms with Crippen LogP contribution in [0.3, 0.4) is 0 Å². The van der Waals surface area contributed by atoms with E-state index < -0.39 is 15.3 Å². The molecule has 0 saturated heterocycles. The van der Waals surface area contributed by atoms with Crippen LogP contribution < -0.4 is 9.46 Å². The molecule has 1 N–H and O–H groups in total. The number of sulfonamides is 1. The molecule has 1 heterocycles. The lowest BCUT2D eigenvalue weighted by Gasteiger charge is -2.13. The van der Waals surface area contributed by atoms with Gasteiger partial charge in [0.25, 0.3) is 0 Å². The molecule has 0 fully saturated rings. The number of fused-ring (bicyclic) bond motifs is 1. The molecule has 0 saturated carbocycles. The summed E-state index contributed by atoms with van der Waals surface area (Å²) in [7, 11) is -3.58. The number of nitriles is 1. The van der Waals surface area contributed by atoms with Crippen molar-refractivity contribution < 1.29 is 13.2 Å². The van der Waals surface area contributed by atoms with E-state index in [0.717, 1.165) is 11.3 Å². The highest BCUT2D eigenvalue weighted by atomic mass is 32.2. The van der Waals surface area contributed by atoms with E-state index in [9.17, 15) is 8.42 Å². The van der Waals surface area contributed by atoms with E-state index >= 15 is 0 Å². The van der Waals surface area contributed by atoms with Crippen molar-refractivity contribution in [2.75, 3.05) is 6.54 Å². The highest BCUT2D eigenvalue weighted by Gasteiger charge is 2.26. The van der Waals surface area contributed by atoms with Crippen LogP contribution in [0.25, 0.3) is 0 Å². The van der Waals surface area contributed by atoms with Gasteiger partial charge in [0.15, 0.2) is 5.25 Å². The van der Waals surface area contributed by atoms with E-state index in [0.29, 0.717) is 6.42 Å². The minimum absolute atomic E-state index is 0.184. The molecule has 2 atom stereocenters. The molecule has 2 rings (SSSR count). The summed E-state index contributed by atoms with van der Waals surface area (Å²) < 4.78 is 31.2. The molecule has 5 nitrogen and oxygen atoms in total. The van der Waals surface area contributed by atoms with Gasteiger partial charge >= 0.3 is 0 Å². The number of nitrogens with zero attached hydrogens (tertiary/aromatic N) is 1. The molecule has 0 bridgehead atoms. The van der Waals surface area contributed by atoms with Gasteiger partial charge in [0.2, 0.25) is 10.0 Å². The Hall–Kier alpha value is -1.58. The zero-order valence-corrected chi connectivity index (χ0v) is 10.8. The molecule has 0 amide bonds. The second-order valence-corrected chi connectivity index (χ2v) is 6.30. The first-order valence-corrected chi connectivity index (χ1v) is 7.20. The fraction of sp³-hybridized carbons (Fsp3) is 0.417. The smallest absolute Gasteiger partial charge is 0.227 e. The van der Waals surface area contributed by atoms with Gasteiger partial charge in [-0.25, -0.2) is 13.1 Å². The second-order valence-electron chi connectivity index (χ2n) is 4.22. The summed E-state index contributed by atoms with van der Waals surface area (Å²) in [6.45, 7) is 1.54. The van der Waals surface area contributed by atoms with Crippen molar-refractivity contribution in [2.45, 2.75) is 24.7 Å². The molecule has 0 aromatic heterocycles. The number of benzene rings is 1. The van der Waals surface area contributed by atoms with E-state index in [2.05, 4.69) is 4.72 Å². The summed E-state index contributed by atoms with van der Waals surface area (Å²) in [5.74, 6) is 0.801. The van der Waals surface area contributed by atoms with Crippen LogP contribution in [0.2, 0.25) is 0 Å². The van der Waals surface area contributed by atoms with Crippen LogP contribution in [0.4, 0.5) is 0 Å². The number of hydrogen-bond acceptors (Lipinski definition) is 4. The Morgan fingerprint density at radius 3 is 2.94 bits per heavy atom. The van der Waals surface area contributed by atoms with Crippen molar-refractivity contribution in [1.82, 2.24) is 4.72 Å². The molecule has 1 aromatic carbocycles. The largest absolute Gasteiger partial charge is 0.488 e. The molecule has 96 valence electrons. The standard InChI is InChI=1S/C12H14N2O3S/c1-9(7-13)18(15,16)14-8-11-6-10-4-2-3-5-12(10)17-11/h2-5,9,11,14H,6,8H2,1H3. The van der Waals surface area contributed by atoms with Crippen molar-refractivity contribution in [2.24, 2.45) is 0 Å². The van der Waals surface area contributed by atoms with E-state index in [1.807, 2.05) is 24.3 Å². The molecule has 0 radical (unpaired) electrons. The molecule has 0 spiro atoms.